The van der Waals surface area contributed by atoms with Crippen molar-refractivity contribution in [3.63, 3.8) is 0 Å². The second-order valence-corrected chi connectivity index (χ2v) is 10.1. The Balaban J connectivity index is 1.69. The molecule has 0 radical (unpaired) electrons. The zero-order chi connectivity index (χ0) is 24.2. The molecule has 0 spiro atoms. The molecular weight excluding hydrogens is 486 g/mol. The molecule has 7 rings (SSSR count). The van der Waals surface area contributed by atoms with Gasteiger partial charge in [-0.3, -0.25) is 4.79 Å². The molecule has 0 fully saturated rings. The van der Waals surface area contributed by atoms with E-state index in [0.717, 1.165) is 49.9 Å². The van der Waals surface area contributed by atoms with Crippen LogP contribution in [0.25, 0.3) is 49.6 Å². The summed E-state index contributed by atoms with van der Waals surface area (Å²) in [5.41, 5.74) is 5.87. The van der Waals surface area contributed by atoms with E-state index in [4.69, 9.17) is 9.47 Å². The number of nitrogens with zero attached hydrogens (tertiary/aromatic N) is 1. The molecule has 3 aromatic carbocycles. The lowest BCUT2D eigenvalue weighted by Gasteiger charge is -2.12. The second-order valence-electron chi connectivity index (χ2n) is 8.58. The molecule has 0 saturated carbocycles. The molecule has 0 aliphatic rings. The summed E-state index contributed by atoms with van der Waals surface area (Å²) >= 11 is 3.27. The van der Waals surface area contributed by atoms with Crippen molar-refractivity contribution in [3.8, 4) is 39.6 Å². The fourth-order valence-electron chi connectivity index (χ4n) is 5.01. The molecule has 0 bridgehead atoms. The predicted octanol–water partition coefficient (Wildman–Crippen LogP) is 8.30. The van der Waals surface area contributed by atoms with Gasteiger partial charge in [0.1, 0.15) is 11.5 Å². The number of para-hydroxylation sites is 1. The standard InChI is InChI=1S/C30H19NO3S2/c1-33-23-7-8-24-20(14-23)13-21-15-25(34-22-5-3-2-4-6-22)30(32)27-26(18-9-11-35-16-18)28(31(24)29(21)27)19-10-12-36-17-19/h2-17H,1H3. The van der Waals surface area contributed by atoms with E-state index in [0.29, 0.717) is 16.9 Å². The number of pyridine rings is 1. The molecule has 0 saturated heterocycles. The van der Waals surface area contributed by atoms with Gasteiger partial charge in [0.2, 0.25) is 5.43 Å². The van der Waals surface area contributed by atoms with Crippen LogP contribution in [0, 0.1) is 0 Å². The first-order chi connectivity index (χ1) is 17.7. The maximum absolute atomic E-state index is 14.1. The van der Waals surface area contributed by atoms with E-state index < -0.39 is 0 Å². The fourth-order valence-corrected chi connectivity index (χ4v) is 6.30. The van der Waals surface area contributed by atoms with E-state index in [2.05, 4.69) is 50.2 Å². The first kappa shape index (κ1) is 21.2. The van der Waals surface area contributed by atoms with Crippen LogP contribution in [0.4, 0.5) is 0 Å². The molecular formula is C30H19NO3S2. The minimum Gasteiger partial charge on any atom is -0.497 e. The largest absolute Gasteiger partial charge is 0.497 e. The summed E-state index contributed by atoms with van der Waals surface area (Å²) in [5.74, 6) is 1.73. The Morgan fingerprint density at radius 1 is 0.778 bits per heavy atom. The van der Waals surface area contributed by atoms with Gasteiger partial charge in [0.25, 0.3) is 0 Å². The molecule has 7 aromatic rings. The summed E-state index contributed by atoms with van der Waals surface area (Å²) in [4.78, 5) is 14.1. The maximum Gasteiger partial charge on any atom is 0.231 e. The van der Waals surface area contributed by atoms with Crippen LogP contribution in [-0.2, 0) is 0 Å². The number of methoxy groups -OCH3 is 1. The topological polar surface area (TPSA) is 39.9 Å². The molecule has 0 aliphatic heterocycles. The molecule has 4 heterocycles. The van der Waals surface area contributed by atoms with Crippen LogP contribution in [0.1, 0.15) is 0 Å². The molecule has 0 atom stereocenters. The maximum atomic E-state index is 14.1. The van der Waals surface area contributed by atoms with Crippen molar-refractivity contribution in [2.24, 2.45) is 0 Å². The molecule has 0 aliphatic carbocycles. The van der Waals surface area contributed by atoms with Crippen molar-refractivity contribution in [3.05, 3.63) is 105 Å². The lowest BCUT2D eigenvalue weighted by Crippen LogP contribution is -2.06. The van der Waals surface area contributed by atoms with Gasteiger partial charge >= 0.3 is 0 Å². The zero-order valence-corrected chi connectivity index (χ0v) is 20.9. The summed E-state index contributed by atoms with van der Waals surface area (Å²) in [6.07, 6.45) is 0. The lowest BCUT2D eigenvalue weighted by atomic mass is 10.0. The minimum absolute atomic E-state index is 0.112. The highest BCUT2D eigenvalue weighted by molar-refractivity contribution is 7.08. The van der Waals surface area contributed by atoms with Gasteiger partial charge in [0.15, 0.2) is 5.75 Å². The van der Waals surface area contributed by atoms with Crippen molar-refractivity contribution in [2.45, 2.75) is 0 Å². The first-order valence-electron chi connectivity index (χ1n) is 11.5. The molecule has 4 nitrogen and oxygen atoms in total. The van der Waals surface area contributed by atoms with Crippen LogP contribution in [0.15, 0.2) is 99.1 Å². The fraction of sp³-hybridized carbons (Fsp3) is 0.0333. The van der Waals surface area contributed by atoms with E-state index in [1.54, 1.807) is 29.8 Å². The third-order valence-electron chi connectivity index (χ3n) is 6.54. The van der Waals surface area contributed by atoms with Crippen LogP contribution in [0.2, 0.25) is 0 Å². The van der Waals surface area contributed by atoms with Gasteiger partial charge in [0.05, 0.1) is 29.2 Å². The second kappa shape index (κ2) is 8.22. The number of hydrogen-bond donors (Lipinski definition) is 0. The molecule has 6 heteroatoms. The van der Waals surface area contributed by atoms with Gasteiger partial charge in [-0.2, -0.15) is 22.7 Å². The lowest BCUT2D eigenvalue weighted by molar-refractivity contribution is 0.415. The van der Waals surface area contributed by atoms with Crippen LogP contribution in [0.5, 0.6) is 17.2 Å². The number of thiophene rings is 2. The average molecular weight is 506 g/mol. The highest BCUT2D eigenvalue weighted by Crippen LogP contribution is 2.45. The van der Waals surface area contributed by atoms with Crippen LogP contribution in [-0.4, -0.2) is 11.5 Å². The molecule has 0 unspecified atom stereocenters. The quantitative estimate of drug-likeness (QED) is 0.221. The van der Waals surface area contributed by atoms with Crippen molar-refractivity contribution in [2.75, 3.05) is 7.11 Å². The zero-order valence-electron chi connectivity index (χ0n) is 19.2. The van der Waals surface area contributed by atoms with Crippen molar-refractivity contribution < 1.29 is 9.47 Å². The van der Waals surface area contributed by atoms with Gasteiger partial charge < -0.3 is 13.9 Å². The van der Waals surface area contributed by atoms with Crippen LogP contribution >= 0.6 is 22.7 Å². The van der Waals surface area contributed by atoms with Gasteiger partial charge in [-0.1, -0.05) is 18.2 Å². The highest BCUT2D eigenvalue weighted by Gasteiger charge is 2.26. The van der Waals surface area contributed by atoms with Gasteiger partial charge in [-0.05, 0) is 76.3 Å². The molecule has 0 N–H and O–H groups in total. The van der Waals surface area contributed by atoms with Gasteiger partial charge in [0, 0.05) is 27.3 Å². The summed E-state index contributed by atoms with van der Waals surface area (Å²) in [6, 6.07) is 23.7. The van der Waals surface area contributed by atoms with Crippen LogP contribution < -0.4 is 14.9 Å². The third kappa shape index (κ3) is 3.15. The van der Waals surface area contributed by atoms with Gasteiger partial charge in [-0.15, -0.1) is 0 Å². The third-order valence-corrected chi connectivity index (χ3v) is 7.91. The molecule has 174 valence electrons. The smallest absolute Gasteiger partial charge is 0.231 e. The number of rotatable bonds is 5. The van der Waals surface area contributed by atoms with Gasteiger partial charge in [-0.25, -0.2) is 0 Å². The Morgan fingerprint density at radius 2 is 1.56 bits per heavy atom. The Hall–Kier alpha value is -4.13. The normalized spacial score (nSPS) is 11.6. The first-order valence-corrected chi connectivity index (χ1v) is 13.3. The summed E-state index contributed by atoms with van der Waals surface area (Å²) < 4.78 is 13.9. The Kier molecular flexibility index (Phi) is 4.84. The summed E-state index contributed by atoms with van der Waals surface area (Å²) in [6.45, 7) is 0. The number of benzene rings is 3. The van der Waals surface area contributed by atoms with Crippen molar-refractivity contribution in [1.29, 1.82) is 0 Å². The van der Waals surface area contributed by atoms with E-state index in [1.807, 2.05) is 48.5 Å². The van der Waals surface area contributed by atoms with E-state index >= 15 is 0 Å². The number of hydrogen-bond acceptors (Lipinski definition) is 5. The minimum atomic E-state index is -0.112. The van der Waals surface area contributed by atoms with Crippen molar-refractivity contribution >= 4 is 49.9 Å². The Bertz CT molecular complexity index is 1900. The monoisotopic (exact) mass is 505 g/mol. The number of aromatic nitrogens is 1. The average Bonchev–Trinajstić information content (AvgIpc) is 3.67. The highest BCUT2D eigenvalue weighted by atomic mass is 32.1. The summed E-state index contributed by atoms with van der Waals surface area (Å²) in [5, 5.41) is 11.0. The SMILES string of the molecule is COc1ccc2c(c1)cc1cc(Oc3ccccc3)c(=O)c3c(-c4ccsc4)c(-c4ccsc4)n2c13. The summed E-state index contributed by atoms with van der Waals surface area (Å²) in [7, 11) is 1.67. The Labute approximate surface area is 214 Å². The van der Waals surface area contributed by atoms with Crippen molar-refractivity contribution in [1.82, 2.24) is 4.40 Å². The number of ether oxygens (including phenoxy) is 2. The van der Waals surface area contributed by atoms with E-state index in [1.165, 1.54) is 0 Å². The predicted molar refractivity (Wildman–Crippen MR) is 150 cm³/mol. The Morgan fingerprint density at radius 3 is 2.28 bits per heavy atom. The van der Waals surface area contributed by atoms with E-state index in [-0.39, 0.29) is 5.43 Å². The van der Waals surface area contributed by atoms with E-state index in [9.17, 15) is 4.79 Å². The number of fused-ring (bicyclic) bond motifs is 2. The molecule has 0 amide bonds. The molecule has 4 aromatic heterocycles. The van der Waals surface area contributed by atoms with Crippen LogP contribution in [0.3, 0.4) is 0 Å². The molecule has 36 heavy (non-hydrogen) atoms.